The van der Waals surface area contributed by atoms with Gasteiger partial charge in [-0.3, -0.25) is 9.69 Å². The topological polar surface area (TPSA) is 88.6 Å². The number of rotatable bonds is 5. The van der Waals surface area contributed by atoms with Crippen LogP contribution in [0.2, 0.25) is 0 Å². The standard InChI is InChI=1S/C18H22N6O2/c1-13-2-3-16(26-13)12-23-7-4-14(5-8-23)11-19-18(25)15-6-9-24-17(10-15)20-21-22-24/h2-3,6,9-10,14H,4-5,7-8,11-12H2,1H3,(H,19,25). The van der Waals surface area contributed by atoms with Gasteiger partial charge in [0.25, 0.3) is 5.91 Å². The van der Waals surface area contributed by atoms with Gasteiger partial charge in [0, 0.05) is 18.3 Å². The number of amides is 1. The normalized spacial score (nSPS) is 16.2. The lowest BCUT2D eigenvalue weighted by Crippen LogP contribution is -2.38. The van der Waals surface area contributed by atoms with Crippen molar-refractivity contribution in [2.24, 2.45) is 5.92 Å². The van der Waals surface area contributed by atoms with E-state index in [1.807, 2.05) is 19.1 Å². The molecule has 1 N–H and O–H groups in total. The van der Waals surface area contributed by atoms with E-state index in [0.29, 0.717) is 23.7 Å². The van der Waals surface area contributed by atoms with E-state index < -0.39 is 0 Å². The van der Waals surface area contributed by atoms with Crippen molar-refractivity contribution >= 4 is 11.6 Å². The first kappa shape index (κ1) is 16.7. The maximum Gasteiger partial charge on any atom is 0.251 e. The van der Waals surface area contributed by atoms with Crippen LogP contribution in [0.5, 0.6) is 0 Å². The van der Waals surface area contributed by atoms with E-state index in [4.69, 9.17) is 4.42 Å². The van der Waals surface area contributed by atoms with Gasteiger partial charge in [-0.05, 0) is 73.5 Å². The Bertz CT molecular complexity index is 894. The summed E-state index contributed by atoms with van der Waals surface area (Å²) >= 11 is 0. The molecule has 0 aromatic carbocycles. The van der Waals surface area contributed by atoms with E-state index in [2.05, 4.69) is 25.7 Å². The number of hydrogen-bond donors (Lipinski definition) is 1. The number of aryl methyl sites for hydroxylation is 1. The second-order valence-electron chi connectivity index (χ2n) is 6.84. The minimum atomic E-state index is -0.0796. The third-order valence-corrected chi connectivity index (χ3v) is 4.89. The van der Waals surface area contributed by atoms with Gasteiger partial charge in [0.1, 0.15) is 11.5 Å². The highest BCUT2D eigenvalue weighted by molar-refractivity contribution is 5.94. The Hall–Kier alpha value is -2.74. The van der Waals surface area contributed by atoms with Gasteiger partial charge in [0.05, 0.1) is 6.54 Å². The molecule has 0 unspecified atom stereocenters. The number of piperidine rings is 1. The molecular weight excluding hydrogens is 332 g/mol. The average molecular weight is 354 g/mol. The maximum absolute atomic E-state index is 12.3. The first-order chi connectivity index (χ1) is 12.7. The van der Waals surface area contributed by atoms with Crippen LogP contribution in [0.3, 0.4) is 0 Å². The summed E-state index contributed by atoms with van der Waals surface area (Å²) in [5.41, 5.74) is 1.15. The highest BCUT2D eigenvalue weighted by Crippen LogP contribution is 2.19. The first-order valence-electron chi connectivity index (χ1n) is 8.91. The minimum Gasteiger partial charge on any atom is -0.465 e. The number of aromatic nitrogens is 4. The van der Waals surface area contributed by atoms with Gasteiger partial charge in [0.15, 0.2) is 5.65 Å². The summed E-state index contributed by atoms with van der Waals surface area (Å²) in [5.74, 6) is 2.40. The van der Waals surface area contributed by atoms with E-state index in [0.717, 1.165) is 44.0 Å². The average Bonchev–Trinajstić information content (AvgIpc) is 3.29. The van der Waals surface area contributed by atoms with Crippen LogP contribution < -0.4 is 5.32 Å². The molecule has 1 aliphatic rings. The predicted octanol–water partition coefficient (Wildman–Crippen LogP) is 1.67. The monoisotopic (exact) mass is 354 g/mol. The second kappa shape index (κ2) is 7.25. The molecule has 0 spiro atoms. The molecule has 1 fully saturated rings. The molecule has 1 amide bonds. The summed E-state index contributed by atoms with van der Waals surface area (Å²) in [6.07, 6.45) is 3.85. The summed E-state index contributed by atoms with van der Waals surface area (Å²) in [6.45, 7) is 5.58. The summed E-state index contributed by atoms with van der Waals surface area (Å²) in [7, 11) is 0. The molecule has 4 heterocycles. The largest absolute Gasteiger partial charge is 0.465 e. The fourth-order valence-electron chi connectivity index (χ4n) is 3.36. The molecule has 1 aliphatic heterocycles. The van der Waals surface area contributed by atoms with Crippen molar-refractivity contribution in [3.05, 3.63) is 47.5 Å². The Balaban J connectivity index is 1.24. The number of hydrogen-bond acceptors (Lipinski definition) is 6. The fourth-order valence-corrected chi connectivity index (χ4v) is 3.36. The van der Waals surface area contributed by atoms with Crippen LogP contribution in [-0.4, -0.2) is 50.5 Å². The van der Waals surface area contributed by atoms with Crippen molar-refractivity contribution in [3.63, 3.8) is 0 Å². The van der Waals surface area contributed by atoms with Gasteiger partial charge < -0.3 is 9.73 Å². The Labute approximate surface area is 151 Å². The molecule has 0 bridgehead atoms. The smallest absolute Gasteiger partial charge is 0.251 e. The highest BCUT2D eigenvalue weighted by atomic mass is 16.3. The molecule has 26 heavy (non-hydrogen) atoms. The summed E-state index contributed by atoms with van der Waals surface area (Å²) < 4.78 is 7.19. The van der Waals surface area contributed by atoms with Gasteiger partial charge >= 0.3 is 0 Å². The summed E-state index contributed by atoms with van der Waals surface area (Å²) in [5, 5.41) is 14.3. The molecule has 0 saturated carbocycles. The Morgan fingerprint density at radius 3 is 2.92 bits per heavy atom. The van der Waals surface area contributed by atoms with Crippen LogP contribution in [0.15, 0.2) is 34.9 Å². The zero-order valence-corrected chi connectivity index (χ0v) is 14.8. The number of fused-ring (bicyclic) bond motifs is 1. The van der Waals surface area contributed by atoms with E-state index in [1.54, 1.807) is 18.3 Å². The molecule has 0 aliphatic carbocycles. The van der Waals surface area contributed by atoms with Crippen LogP contribution in [0.4, 0.5) is 0 Å². The van der Waals surface area contributed by atoms with Gasteiger partial charge in [-0.1, -0.05) is 0 Å². The SMILES string of the molecule is Cc1ccc(CN2CCC(CNC(=O)c3ccn4nnnc4c3)CC2)o1. The van der Waals surface area contributed by atoms with Crippen LogP contribution in [0, 0.1) is 12.8 Å². The summed E-state index contributed by atoms with van der Waals surface area (Å²) in [6, 6.07) is 7.48. The van der Waals surface area contributed by atoms with Gasteiger partial charge in [-0.15, -0.1) is 5.10 Å². The van der Waals surface area contributed by atoms with Crippen LogP contribution in [-0.2, 0) is 6.54 Å². The van der Waals surface area contributed by atoms with Crippen molar-refractivity contribution < 1.29 is 9.21 Å². The maximum atomic E-state index is 12.3. The fraction of sp³-hybridized carbons (Fsp3) is 0.444. The van der Waals surface area contributed by atoms with E-state index in [-0.39, 0.29) is 5.91 Å². The Morgan fingerprint density at radius 2 is 2.15 bits per heavy atom. The number of pyridine rings is 1. The zero-order chi connectivity index (χ0) is 17.9. The van der Waals surface area contributed by atoms with Crippen molar-refractivity contribution in [1.29, 1.82) is 0 Å². The number of carbonyl (C=O) groups excluding carboxylic acids is 1. The predicted molar refractivity (Wildman–Crippen MR) is 94.6 cm³/mol. The Morgan fingerprint density at radius 1 is 1.31 bits per heavy atom. The lowest BCUT2D eigenvalue weighted by atomic mass is 9.96. The number of nitrogens with one attached hydrogen (secondary N) is 1. The minimum absolute atomic E-state index is 0.0796. The van der Waals surface area contributed by atoms with E-state index in [9.17, 15) is 4.79 Å². The number of likely N-dealkylation sites (tertiary alicyclic amines) is 1. The van der Waals surface area contributed by atoms with Crippen molar-refractivity contribution in [2.45, 2.75) is 26.3 Å². The Kier molecular flexibility index (Phi) is 4.66. The number of carbonyl (C=O) groups is 1. The third kappa shape index (κ3) is 3.75. The third-order valence-electron chi connectivity index (χ3n) is 4.89. The molecule has 0 radical (unpaired) electrons. The van der Waals surface area contributed by atoms with Gasteiger partial charge in [0.2, 0.25) is 0 Å². The number of nitrogens with zero attached hydrogens (tertiary/aromatic N) is 5. The number of tetrazole rings is 1. The van der Waals surface area contributed by atoms with Crippen molar-refractivity contribution in [3.8, 4) is 0 Å². The quantitative estimate of drug-likeness (QED) is 0.750. The van der Waals surface area contributed by atoms with Crippen LogP contribution in [0.25, 0.3) is 5.65 Å². The van der Waals surface area contributed by atoms with Gasteiger partial charge in [-0.2, -0.15) is 0 Å². The molecule has 3 aromatic heterocycles. The van der Waals surface area contributed by atoms with Gasteiger partial charge in [-0.25, -0.2) is 4.52 Å². The lowest BCUT2D eigenvalue weighted by Gasteiger charge is -2.31. The molecule has 1 saturated heterocycles. The zero-order valence-electron chi connectivity index (χ0n) is 14.8. The highest BCUT2D eigenvalue weighted by Gasteiger charge is 2.21. The van der Waals surface area contributed by atoms with Crippen molar-refractivity contribution in [2.75, 3.05) is 19.6 Å². The lowest BCUT2D eigenvalue weighted by molar-refractivity contribution is 0.0934. The molecule has 3 aromatic rings. The van der Waals surface area contributed by atoms with Crippen LogP contribution >= 0.6 is 0 Å². The van der Waals surface area contributed by atoms with E-state index in [1.165, 1.54) is 4.52 Å². The number of furan rings is 1. The first-order valence-corrected chi connectivity index (χ1v) is 8.91. The van der Waals surface area contributed by atoms with Crippen LogP contribution in [0.1, 0.15) is 34.7 Å². The van der Waals surface area contributed by atoms with E-state index >= 15 is 0 Å². The summed E-state index contributed by atoms with van der Waals surface area (Å²) in [4.78, 5) is 14.8. The molecular formula is C18H22N6O2. The van der Waals surface area contributed by atoms with Crippen molar-refractivity contribution in [1.82, 2.24) is 30.3 Å². The molecule has 136 valence electrons. The molecule has 8 heteroatoms. The molecule has 0 atom stereocenters. The second-order valence-corrected chi connectivity index (χ2v) is 6.84. The molecule has 8 nitrogen and oxygen atoms in total. The molecule has 4 rings (SSSR count).